The van der Waals surface area contributed by atoms with Crippen molar-refractivity contribution >= 4 is 33.4 Å². The fourth-order valence-corrected chi connectivity index (χ4v) is 6.52. The van der Waals surface area contributed by atoms with E-state index in [2.05, 4.69) is 15.4 Å². The van der Waals surface area contributed by atoms with Crippen molar-refractivity contribution in [1.82, 2.24) is 20.3 Å². The Kier molecular flexibility index (Phi) is 13.6. The first-order valence-corrected chi connectivity index (χ1v) is 17.5. The number of nitro groups is 1. The van der Waals surface area contributed by atoms with Gasteiger partial charge in [-0.3, -0.25) is 24.5 Å². The van der Waals surface area contributed by atoms with Crippen LogP contribution >= 0.6 is 0 Å². The molecule has 0 saturated carbocycles. The first-order chi connectivity index (χ1) is 22.1. The van der Waals surface area contributed by atoms with Crippen LogP contribution in [-0.2, 0) is 36.2 Å². The molecule has 2 aromatic carbocycles. The molecular formula is C35H51N5O7S. The van der Waals surface area contributed by atoms with Gasteiger partial charge in [0.15, 0.2) is 0 Å². The summed E-state index contributed by atoms with van der Waals surface area (Å²) in [6.07, 6.45) is 1.60. The van der Waals surface area contributed by atoms with E-state index in [0.29, 0.717) is 5.56 Å². The van der Waals surface area contributed by atoms with Gasteiger partial charge in [-0.15, -0.1) is 0 Å². The van der Waals surface area contributed by atoms with Crippen molar-refractivity contribution in [3.8, 4) is 0 Å². The van der Waals surface area contributed by atoms with E-state index in [9.17, 15) is 32.9 Å². The normalized spacial score (nSPS) is 14.5. The number of carbonyl (C=O) groups excluding carboxylic acids is 3. The van der Waals surface area contributed by atoms with Gasteiger partial charge in [0.25, 0.3) is 11.6 Å². The summed E-state index contributed by atoms with van der Waals surface area (Å²) < 4.78 is 27.5. The minimum Gasteiger partial charge on any atom is -0.342 e. The minimum atomic E-state index is -4.04. The third kappa shape index (κ3) is 10.7. The molecule has 2 aromatic rings. The van der Waals surface area contributed by atoms with Crippen molar-refractivity contribution in [2.45, 2.75) is 85.4 Å². The highest BCUT2D eigenvalue weighted by Gasteiger charge is 2.41. The molecular weight excluding hydrogens is 634 g/mol. The summed E-state index contributed by atoms with van der Waals surface area (Å²) in [4.78, 5) is 52.7. The molecule has 0 aliphatic carbocycles. The van der Waals surface area contributed by atoms with Crippen LogP contribution in [-0.4, -0.2) is 73.9 Å². The molecule has 0 aromatic heterocycles. The van der Waals surface area contributed by atoms with Crippen LogP contribution in [0.4, 0.5) is 5.69 Å². The second kappa shape index (κ2) is 16.3. The Morgan fingerprint density at radius 3 is 2.00 bits per heavy atom. The number of hydrogen-bond donors (Lipinski definition) is 3. The maximum absolute atomic E-state index is 14.1. The third-order valence-electron chi connectivity index (χ3n) is 8.50. The molecule has 3 N–H and O–H groups in total. The molecule has 12 nitrogen and oxygen atoms in total. The van der Waals surface area contributed by atoms with Crippen molar-refractivity contribution in [1.29, 1.82) is 0 Å². The Labute approximate surface area is 285 Å². The Bertz CT molecular complexity index is 1580. The van der Waals surface area contributed by atoms with E-state index in [1.807, 2.05) is 78.8 Å². The first kappa shape index (κ1) is 40.1. The molecule has 0 fully saturated rings. The Hall–Kier alpha value is -4.10. The van der Waals surface area contributed by atoms with Crippen molar-refractivity contribution in [3.63, 3.8) is 0 Å². The van der Waals surface area contributed by atoms with Crippen LogP contribution in [0.25, 0.3) is 0 Å². The summed E-state index contributed by atoms with van der Waals surface area (Å²) in [5.41, 5.74) is 0.241. The van der Waals surface area contributed by atoms with Crippen molar-refractivity contribution < 1.29 is 27.7 Å². The smallest absolute Gasteiger partial charge is 0.269 e. The summed E-state index contributed by atoms with van der Waals surface area (Å²) in [5.74, 6) is -2.09. The lowest BCUT2D eigenvalue weighted by Crippen LogP contribution is -2.61. The number of hydrogen-bond acceptors (Lipinski definition) is 8. The lowest BCUT2D eigenvalue weighted by atomic mass is 9.76. The molecule has 13 heteroatoms. The lowest BCUT2D eigenvalue weighted by Gasteiger charge is -2.40. The maximum Gasteiger partial charge on any atom is 0.269 e. The van der Waals surface area contributed by atoms with E-state index >= 15 is 0 Å². The van der Waals surface area contributed by atoms with E-state index < -0.39 is 55.6 Å². The molecule has 3 amide bonds. The molecule has 0 bridgehead atoms. The van der Waals surface area contributed by atoms with Crippen LogP contribution in [0.15, 0.2) is 66.2 Å². The molecule has 264 valence electrons. The quantitative estimate of drug-likeness (QED) is 0.143. The molecule has 0 aliphatic heterocycles. The second-order valence-electron chi connectivity index (χ2n) is 14.1. The number of sulfonamides is 1. The van der Waals surface area contributed by atoms with Crippen LogP contribution in [0.2, 0.25) is 0 Å². The lowest BCUT2D eigenvalue weighted by molar-refractivity contribution is -0.384. The summed E-state index contributed by atoms with van der Waals surface area (Å²) in [5, 5.41) is 17.0. The van der Waals surface area contributed by atoms with Crippen molar-refractivity contribution in [2.24, 2.45) is 11.3 Å². The number of nitrogens with one attached hydrogen (secondary N) is 3. The summed E-state index contributed by atoms with van der Waals surface area (Å²) in [6, 6.07) is 13.0. The molecule has 0 heterocycles. The molecule has 48 heavy (non-hydrogen) atoms. The zero-order valence-corrected chi connectivity index (χ0v) is 30.5. The molecule has 0 aliphatic rings. The fourth-order valence-electron chi connectivity index (χ4n) is 5.47. The summed E-state index contributed by atoms with van der Waals surface area (Å²) >= 11 is 0. The zero-order valence-electron chi connectivity index (χ0n) is 29.7. The van der Waals surface area contributed by atoms with Gasteiger partial charge in [0.2, 0.25) is 21.8 Å². The standard InChI is InChI=1S/C35H51N5O7S/c1-23(2)28(22-24(3)31(41)38-48(46,47)21-20-25-16-18-27(19-17-25)40(44)45)39(10)33(43)30(34(4,5)6)37-32(42)29(36-9)35(7,8)26-14-12-11-13-15-26/h11-19,22-23,28-30,36H,20-21H2,1-10H3,(H,37,42)(H,38,41)/b24-22+/t28-,29-,30-/m1/s1. The van der Waals surface area contributed by atoms with Crippen molar-refractivity contribution in [3.05, 3.63) is 87.5 Å². The number of amides is 3. The van der Waals surface area contributed by atoms with E-state index in [1.165, 1.54) is 36.1 Å². The topological polar surface area (TPSA) is 168 Å². The van der Waals surface area contributed by atoms with Gasteiger partial charge in [-0.1, -0.05) is 97.0 Å². The molecule has 0 saturated heterocycles. The monoisotopic (exact) mass is 685 g/mol. The van der Waals surface area contributed by atoms with E-state index in [4.69, 9.17) is 0 Å². The van der Waals surface area contributed by atoms with Gasteiger partial charge in [0.05, 0.1) is 22.8 Å². The average molecular weight is 686 g/mol. The highest BCUT2D eigenvalue weighted by atomic mass is 32.2. The third-order valence-corrected chi connectivity index (χ3v) is 9.74. The maximum atomic E-state index is 14.1. The average Bonchev–Trinajstić information content (AvgIpc) is 3.00. The van der Waals surface area contributed by atoms with Crippen molar-refractivity contribution in [2.75, 3.05) is 19.8 Å². The van der Waals surface area contributed by atoms with Crippen LogP contribution in [0, 0.1) is 21.4 Å². The molecule has 0 radical (unpaired) electrons. The Morgan fingerprint density at radius 2 is 1.52 bits per heavy atom. The number of nitro benzene ring substituents is 1. The number of benzene rings is 2. The SMILES string of the molecule is CN[C@H](C(=O)N[C@H](C(=O)N(C)[C@H](/C=C(\C)C(=O)NS(=O)(=O)CCc1ccc([N+](=O)[O-])cc1)C(C)C)C(C)(C)C)C(C)(C)c1ccccc1. The summed E-state index contributed by atoms with van der Waals surface area (Å²) in [7, 11) is -0.733. The van der Waals surface area contributed by atoms with Crippen LogP contribution in [0.1, 0.15) is 66.5 Å². The van der Waals surface area contributed by atoms with E-state index in [-0.39, 0.29) is 35.4 Å². The number of non-ortho nitro benzene ring substituents is 1. The first-order valence-electron chi connectivity index (χ1n) is 15.9. The Balaban J connectivity index is 2.23. The number of likely N-dealkylation sites (N-methyl/N-ethyl adjacent to an activating group) is 2. The number of carbonyl (C=O) groups is 3. The van der Waals surface area contributed by atoms with Gasteiger partial charge in [-0.25, -0.2) is 13.1 Å². The van der Waals surface area contributed by atoms with Gasteiger partial charge < -0.3 is 15.5 Å². The van der Waals surface area contributed by atoms with Crippen LogP contribution in [0.3, 0.4) is 0 Å². The molecule has 2 rings (SSSR count). The highest BCUT2D eigenvalue weighted by molar-refractivity contribution is 7.90. The van der Waals surface area contributed by atoms with Crippen LogP contribution in [0.5, 0.6) is 0 Å². The molecule has 0 spiro atoms. The van der Waals surface area contributed by atoms with E-state index in [1.54, 1.807) is 20.2 Å². The predicted molar refractivity (Wildman–Crippen MR) is 188 cm³/mol. The summed E-state index contributed by atoms with van der Waals surface area (Å²) in [6.45, 7) is 14.7. The van der Waals surface area contributed by atoms with E-state index in [0.717, 1.165) is 5.56 Å². The zero-order chi connectivity index (χ0) is 36.6. The van der Waals surface area contributed by atoms with Gasteiger partial charge in [0, 0.05) is 30.2 Å². The van der Waals surface area contributed by atoms with Gasteiger partial charge in [0.1, 0.15) is 6.04 Å². The van der Waals surface area contributed by atoms with Gasteiger partial charge >= 0.3 is 0 Å². The second-order valence-corrected chi connectivity index (χ2v) is 15.9. The van der Waals surface area contributed by atoms with Gasteiger partial charge in [-0.05, 0) is 42.9 Å². The Morgan fingerprint density at radius 1 is 0.958 bits per heavy atom. The largest absolute Gasteiger partial charge is 0.342 e. The number of aryl methyl sites for hydroxylation is 1. The molecule has 0 unspecified atom stereocenters. The fraction of sp³-hybridized carbons (Fsp3) is 0.514. The minimum absolute atomic E-state index is 0.0477. The predicted octanol–water partition coefficient (Wildman–Crippen LogP) is 4.11. The van der Waals surface area contributed by atoms with Crippen LogP contribution < -0.4 is 15.4 Å². The number of rotatable bonds is 15. The highest BCUT2D eigenvalue weighted by Crippen LogP contribution is 2.29. The number of nitrogens with zero attached hydrogens (tertiary/aromatic N) is 2. The van der Waals surface area contributed by atoms with Gasteiger partial charge in [-0.2, -0.15) is 0 Å². The molecule has 3 atom stereocenters.